The average molecular weight is 389 g/mol. The number of hydrogen-bond donors (Lipinski definition) is 2. The molecule has 0 saturated heterocycles. The van der Waals surface area contributed by atoms with Crippen molar-refractivity contribution in [2.45, 2.75) is 45.1 Å². The van der Waals surface area contributed by atoms with Gasteiger partial charge in [0.25, 0.3) is 5.91 Å². The second-order valence-electron chi connectivity index (χ2n) is 6.16. The molecule has 1 aliphatic rings. The van der Waals surface area contributed by atoms with Crippen molar-refractivity contribution >= 4 is 33.5 Å². The quantitative estimate of drug-likeness (QED) is 0.806. The van der Waals surface area contributed by atoms with E-state index in [1.807, 2.05) is 31.2 Å². The molecule has 0 spiro atoms. The Balaban J connectivity index is 1.73. The first-order valence-electron chi connectivity index (χ1n) is 8.29. The van der Waals surface area contributed by atoms with Crippen LogP contribution in [0.15, 0.2) is 34.8 Å². The summed E-state index contributed by atoms with van der Waals surface area (Å²) in [4.78, 5) is 21.3. The van der Waals surface area contributed by atoms with Crippen molar-refractivity contribution in [3.05, 3.63) is 46.2 Å². The molecule has 24 heavy (non-hydrogen) atoms. The number of halogens is 1. The highest BCUT2D eigenvalue weighted by Crippen LogP contribution is 2.21. The van der Waals surface area contributed by atoms with Crippen molar-refractivity contribution in [3.8, 4) is 0 Å². The van der Waals surface area contributed by atoms with Gasteiger partial charge in [0.05, 0.1) is 0 Å². The first-order valence-corrected chi connectivity index (χ1v) is 9.08. The number of benzene rings is 1. The van der Waals surface area contributed by atoms with Crippen molar-refractivity contribution in [2.75, 3.05) is 10.6 Å². The summed E-state index contributed by atoms with van der Waals surface area (Å²) in [5, 5.41) is 6.25. The third-order valence-corrected chi connectivity index (χ3v) is 4.60. The van der Waals surface area contributed by atoms with Gasteiger partial charge < -0.3 is 10.6 Å². The molecular weight excluding hydrogens is 368 g/mol. The van der Waals surface area contributed by atoms with Gasteiger partial charge in [-0.15, -0.1) is 0 Å². The van der Waals surface area contributed by atoms with E-state index in [2.05, 4.69) is 36.5 Å². The number of hydrogen-bond acceptors (Lipinski definition) is 4. The summed E-state index contributed by atoms with van der Waals surface area (Å²) in [6.07, 6.45) is 6.04. The van der Waals surface area contributed by atoms with Gasteiger partial charge in [-0.2, -0.15) is 0 Å². The molecule has 2 aromatic rings. The molecule has 0 aliphatic heterocycles. The van der Waals surface area contributed by atoms with Crippen LogP contribution in [0, 0.1) is 6.92 Å². The third-order valence-electron chi connectivity index (χ3n) is 4.11. The monoisotopic (exact) mass is 388 g/mol. The van der Waals surface area contributed by atoms with Gasteiger partial charge in [0.15, 0.2) is 0 Å². The lowest BCUT2D eigenvalue weighted by Gasteiger charge is -2.23. The Labute approximate surface area is 150 Å². The number of nitrogens with one attached hydrogen (secondary N) is 2. The fraction of sp³-hybridized carbons (Fsp3) is 0.389. The number of nitrogens with zero attached hydrogens (tertiary/aromatic N) is 2. The lowest BCUT2D eigenvalue weighted by molar-refractivity contribution is 0.102. The van der Waals surface area contributed by atoms with Crippen molar-refractivity contribution in [3.63, 3.8) is 0 Å². The van der Waals surface area contributed by atoms with E-state index in [9.17, 15) is 4.79 Å². The normalized spacial score (nSPS) is 15.1. The van der Waals surface area contributed by atoms with Crippen LogP contribution in [0.3, 0.4) is 0 Å². The summed E-state index contributed by atoms with van der Waals surface area (Å²) in [5.41, 5.74) is 1.89. The van der Waals surface area contributed by atoms with Gasteiger partial charge in [0.1, 0.15) is 5.69 Å². The Kier molecular flexibility index (Phi) is 5.45. The molecule has 1 heterocycles. The third kappa shape index (κ3) is 4.54. The van der Waals surface area contributed by atoms with Gasteiger partial charge >= 0.3 is 0 Å². The predicted octanol–water partition coefficient (Wildman–Crippen LogP) is 4.54. The molecule has 1 aromatic heterocycles. The molecule has 0 unspecified atom stereocenters. The largest absolute Gasteiger partial charge is 0.351 e. The van der Waals surface area contributed by atoms with Crippen LogP contribution < -0.4 is 10.6 Å². The second-order valence-corrected chi connectivity index (χ2v) is 7.08. The van der Waals surface area contributed by atoms with E-state index in [-0.39, 0.29) is 5.91 Å². The van der Waals surface area contributed by atoms with Gasteiger partial charge in [-0.05, 0) is 44.0 Å². The van der Waals surface area contributed by atoms with Crippen molar-refractivity contribution < 1.29 is 4.79 Å². The molecule has 3 rings (SSSR count). The zero-order valence-corrected chi connectivity index (χ0v) is 15.3. The summed E-state index contributed by atoms with van der Waals surface area (Å²) < 4.78 is 0.916. The van der Waals surface area contributed by atoms with Gasteiger partial charge in [-0.25, -0.2) is 9.97 Å². The lowest BCUT2D eigenvalue weighted by Crippen LogP contribution is -2.24. The van der Waals surface area contributed by atoms with Crippen LogP contribution >= 0.6 is 15.9 Å². The highest BCUT2D eigenvalue weighted by Gasteiger charge is 2.16. The Hall–Kier alpha value is -1.95. The van der Waals surface area contributed by atoms with Crippen LogP contribution in [0.4, 0.5) is 11.6 Å². The minimum atomic E-state index is -0.231. The molecule has 1 aromatic carbocycles. The van der Waals surface area contributed by atoms with Gasteiger partial charge in [0.2, 0.25) is 5.95 Å². The van der Waals surface area contributed by atoms with E-state index in [0.717, 1.165) is 28.7 Å². The van der Waals surface area contributed by atoms with Crippen molar-refractivity contribution in [2.24, 2.45) is 0 Å². The maximum Gasteiger partial charge on any atom is 0.274 e. The van der Waals surface area contributed by atoms with Crippen LogP contribution in [0.1, 0.15) is 48.3 Å². The smallest absolute Gasteiger partial charge is 0.274 e. The zero-order chi connectivity index (χ0) is 16.9. The van der Waals surface area contributed by atoms with Crippen LogP contribution in [-0.4, -0.2) is 21.9 Å². The molecule has 0 atom stereocenters. The molecule has 1 saturated carbocycles. The molecule has 1 amide bonds. The first kappa shape index (κ1) is 16.9. The molecule has 0 bridgehead atoms. The molecule has 126 valence electrons. The van der Waals surface area contributed by atoms with Gasteiger partial charge in [-0.1, -0.05) is 41.3 Å². The number of carbonyl (C=O) groups excluding carboxylic acids is 1. The number of rotatable bonds is 4. The summed E-state index contributed by atoms with van der Waals surface area (Å²) >= 11 is 3.40. The van der Waals surface area contributed by atoms with Crippen LogP contribution in [0.5, 0.6) is 0 Å². The Bertz CT molecular complexity index is 729. The van der Waals surface area contributed by atoms with E-state index in [1.165, 1.54) is 19.3 Å². The molecule has 2 N–H and O–H groups in total. The molecule has 5 nitrogen and oxygen atoms in total. The minimum absolute atomic E-state index is 0.231. The summed E-state index contributed by atoms with van der Waals surface area (Å²) in [5.74, 6) is 0.312. The van der Waals surface area contributed by atoms with E-state index in [1.54, 1.807) is 6.07 Å². The predicted molar refractivity (Wildman–Crippen MR) is 99.4 cm³/mol. The average Bonchev–Trinajstić information content (AvgIpc) is 2.55. The second kappa shape index (κ2) is 7.75. The Morgan fingerprint density at radius 3 is 2.71 bits per heavy atom. The SMILES string of the molecule is Cc1cc(C(=O)Nc2cccc(Br)c2)nc(NC2CCCCC2)n1. The summed E-state index contributed by atoms with van der Waals surface area (Å²) in [6, 6.07) is 9.60. The van der Waals surface area contributed by atoms with Crippen molar-refractivity contribution in [1.29, 1.82) is 0 Å². The number of carbonyl (C=O) groups is 1. The fourth-order valence-electron chi connectivity index (χ4n) is 2.94. The highest BCUT2D eigenvalue weighted by atomic mass is 79.9. The van der Waals surface area contributed by atoms with E-state index < -0.39 is 0 Å². The fourth-order valence-corrected chi connectivity index (χ4v) is 3.34. The van der Waals surface area contributed by atoms with Crippen LogP contribution in [-0.2, 0) is 0 Å². The standard InChI is InChI=1S/C18H21BrN4O/c1-12-10-16(17(24)21-15-9-5-6-13(19)11-15)23-18(20-12)22-14-7-3-2-4-8-14/h5-6,9-11,14H,2-4,7-8H2,1H3,(H,21,24)(H,20,22,23). The molecule has 0 radical (unpaired) electrons. The van der Waals surface area contributed by atoms with E-state index in [4.69, 9.17) is 0 Å². The Morgan fingerprint density at radius 1 is 1.17 bits per heavy atom. The summed E-state index contributed by atoms with van der Waals surface area (Å²) in [6.45, 7) is 1.88. The van der Waals surface area contributed by atoms with Gasteiger partial charge in [0, 0.05) is 21.9 Å². The highest BCUT2D eigenvalue weighted by molar-refractivity contribution is 9.10. The van der Waals surface area contributed by atoms with E-state index in [0.29, 0.717) is 17.7 Å². The zero-order valence-electron chi connectivity index (χ0n) is 13.7. The van der Waals surface area contributed by atoms with Gasteiger partial charge in [-0.3, -0.25) is 4.79 Å². The first-order chi connectivity index (χ1) is 11.6. The molecule has 1 aliphatic carbocycles. The lowest BCUT2D eigenvalue weighted by atomic mass is 9.96. The number of anilines is 2. The van der Waals surface area contributed by atoms with Crippen molar-refractivity contribution in [1.82, 2.24) is 9.97 Å². The topological polar surface area (TPSA) is 66.9 Å². The van der Waals surface area contributed by atoms with Crippen LogP contribution in [0.2, 0.25) is 0 Å². The number of aryl methyl sites for hydroxylation is 1. The van der Waals surface area contributed by atoms with E-state index >= 15 is 0 Å². The Morgan fingerprint density at radius 2 is 1.96 bits per heavy atom. The number of aromatic nitrogens is 2. The minimum Gasteiger partial charge on any atom is -0.351 e. The molecule has 6 heteroatoms. The summed E-state index contributed by atoms with van der Waals surface area (Å²) in [7, 11) is 0. The molecular formula is C18H21BrN4O. The maximum absolute atomic E-state index is 12.5. The van der Waals surface area contributed by atoms with Crippen LogP contribution in [0.25, 0.3) is 0 Å². The maximum atomic E-state index is 12.5. The molecule has 1 fully saturated rings. The number of amides is 1.